The second kappa shape index (κ2) is 8.25. The van der Waals surface area contributed by atoms with E-state index in [2.05, 4.69) is 15.3 Å². The zero-order valence-corrected chi connectivity index (χ0v) is 18.3. The molecule has 6 heteroatoms. The molecule has 1 unspecified atom stereocenters. The second-order valence-corrected chi connectivity index (χ2v) is 8.51. The summed E-state index contributed by atoms with van der Waals surface area (Å²) in [5, 5.41) is 14.7. The van der Waals surface area contributed by atoms with Crippen molar-refractivity contribution in [1.82, 2.24) is 9.97 Å². The Kier molecular flexibility index (Phi) is 5.65. The van der Waals surface area contributed by atoms with Crippen molar-refractivity contribution < 1.29 is 9.50 Å². The van der Waals surface area contributed by atoms with Gasteiger partial charge < -0.3 is 10.4 Å². The standard InChI is InChI=1S/C25H23ClFN3O/c1-15(19-6-4-5-7-22(19)27)30-23-20-12-17(13-28-24(20)29-14-21(23)26)16-8-10-18(11-9-16)25(2,3)31/h4-15,31H,1-3H3,(H,28,29,30). The summed E-state index contributed by atoms with van der Waals surface area (Å²) < 4.78 is 14.2. The van der Waals surface area contributed by atoms with Crippen molar-refractivity contribution in [2.24, 2.45) is 0 Å². The molecule has 0 saturated carbocycles. The molecule has 0 aliphatic rings. The topological polar surface area (TPSA) is 58.0 Å². The number of nitrogens with one attached hydrogen (secondary N) is 1. The Morgan fingerprint density at radius 1 is 1.00 bits per heavy atom. The van der Waals surface area contributed by atoms with Crippen LogP contribution in [0.2, 0.25) is 5.02 Å². The molecule has 0 fully saturated rings. The van der Waals surface area contributed by atoms with Gasteiger partial charge in [0.25, 0.3) is 0 Å². The van der Waals surface area contributed by atoms with Gasteiger partial charge in [0.15, 0.2) is 5.65 Å². The predicted molar refractivity (Wildman–Crippen MR) is 124 cm³/mol. The van der Waals surface area contributed by atoms with Crippen LogP contribution in [0.3, 0.4) is 0 Å². The van der Waals surface area contributed by atoms with Crippen LogP contribution in [0.25, 0.3) is 22.2 Å². The third-order valence-electron chi connectivity index (χ3n) is 5.33. The van der Waals surface area contributed by atoms with E-state index in [1.807, 2.05) is 37.3 Å². The van der Waals surface area contributed by atoms with Crippen LogP contribution in [0, 0.1) is 5.82 Å². The maximum absolute atomic E-state index is 14.2. The molecule has 2 aromatic heterocycles. The summed E-state index contributed by atoms with van der Waals surface area (Å²) in [7, 11) is 0. The average molecular weight is 436 g/mol. The molecule has 0 aliphatic carbocycles. The number of halogens is 2. The first kappa shape index (κ1) is 21.2. The highest BCUT2D eigenvalue weighted by Crippen LogP contribution is 2.35. The normalized spacial score (nSPS) is 12.7. The minimum Gasteiger partial charge on any atom is -0.386 e. The molecule has 0 saturated heterocycles. The SMILES string of the molecule is CC(Nc1c(Cl)cnc2ncc(-c3ccc(C(C)(C)O)cc3)cc12)c1ccccc1F. The molecule has 4 rings (SSSR count). The maximum atomic E-state index is 14.2. The maximum Gasteiger partial charge on any atom is 0.161 e. The summed E-state index contributed by atoms with van der Waals surface area (Å²) >= 11 is 6.47. The Morgan fingerprint density at radius 2 is 1.68 bits per heavy atom. The van der Waals surface area contributed by atoms with E-state index in [1.165, 1.54) is 6.07 Å². The Morgan fingerprint density at radius 3 is 2.35 bits per heavy atom. The van der Waals surface area contributed by atoms with Gasteiger partial charge in [-0.15, -0.1) is 0 Å². The molecule has 2 heterocycles. The molecular formula is C25H23ClFN3O. The van der Waals surface area contributed by atoms with Crippen molar-refractivity contribution in [2.45, 2.75) is 32.4 Å². The first-order chi connectivity index (χ1) is 14.7. The fourth-order valence-corrected chi connectivity index (χ4v) is 3.76. The first-order valence-corrected chi connectivity index (χ1v) is 10.4. The summed E-state index contributed by atoms with van der Waals surface area (Å²) in [5.41, 5.74) is 3.52. The van der Waals surface area contributed by atoms with Crippen molar-refractivity contribution in [3.63, 3.8) is 0 Å². The van der Waals surface area contributed by atoms with E-state index in [9.17, 15) is 9.50 Å². The van der Waals surface area contributed by atoms with Gasteiger partial charge >= 0.3 is 0 Å². The Balaban J connectivity index is 1.74. The van der Waals surface area contributed by atoms with Crippen LogP contribution in [0.4, 0.5) is 10.1 Å². The fraction of sp³-hybridized carbons (Fsp3) is 0.200. The summed E-state index contributed by atoms with van der Waals surface area (Å²) in [6.07, 6.45) is 3.30. The van der Waals surface area contributed by atoms with E-state index in [0.717, 1.165) is 22.1 Å². The van der Waals surface area contributed by atoms with Crippen LogP contribution in [-0.2, 0) is 5.60 Å². The highest BCUT2D eigenvalue weighted by Gasteiger charge is 2.17. The summed E-state index contributed by atoms with van der Waals surface area (Å²) in [6.45, 7) is 5.39. The van der Waals surface area contributed by atoms with Gasteiger partial charge in [-0.2, -0.15) is 0 Å². The number of rotatable bonds is 5. The molecule has 0 aliphatic heterocycles. The van der Waals surface area contributed by atoms with Gasteiger partial charge in [0.1, 0.15) is 5.82 Å². The molecule has 0 bridgehead atoms. The van der Waals surface area contributed by atoms with E-state index < -0.39 is 5.60 Å². The highest BCUT2D eigenvalue weighted by atomic mass is 35.5. The van der Waals surface area contributed by atoms with Gasteiger partial charge in [-0.3, -0.25) is 0 Å². The van der Waals surface area contributed by atoms with Gasteiger partial charge in [0.2, 0.25) is 0 Å². The Bertz CT molecular complexity index is 1240. The number of benzene rings is 2. The van der Waals surface area contributed by atoms with Gasteiger partial charge in [-0.05, 0) is 44.0 Å². The van der Waals surface area contributed by atoms with Crippen LogP contribution in [0.1, 0.15) is 37.9 Å². The predicted octanol–water partition coefficient (Wildman–Crippen LogP) is 6.49. The van der Waals surface area contributed by atoms with Crippen molar-refractivity contribution in [1.29, 1.82) is 0 Å². The third-order valence-corrected chi connectivity index (χ3v) is 5.62. The zero-order valence-electron chi connectivity index (χ0n) is 17.5. The summed E-state index contributed by atoms with van der Waals surface area (Å²) in [6, 6.07) is 16.0. The van der Waals surface area contributed by atoms with Crippen molar-refractivity contribution in [3.8, 4) is 11.1 Å². The van der Waals surface area contributed by atoms with E-state index >= 15 is 0 Å². The summed E-state index contributed by atoms with van der Waals surface area (Å²) in [5.74, 6) is -0.275. The molecule has 1 atom stereocenters. The fourth-order valence-electron chi connectivity index (χ4n) is 3.55. The van der Waals surface area contributed by atoms with Gasteiger partial charge in [-0.1, -0.05) is 54.1 Å². The molecule has 2 aromatic carbocycles. The van der Waals surface area contributed by atoms with Crippen molar-refractivity contribution in [3.05, 3.63) is 89.0 Å². The molecule has 0 spiro atoms. The van der Waals surface area contributed by atoms with Crippen LogP contribution in [-0.4, -0.2) is 15.1 Å². The number of nitrogens with zero attached hydrogens (tertiary/aromatic N) is 2. The molecule has 4 aromatic rings. The van der Waals surface area contributed by atoms with E-state index in [4.69, 9.17) is 11.6 Å². The van der Waals surface area contributed by atoms with Gasteiger partial charge in [-0.25, -0.2) is 14.4 Å². The number of hydrogen-bond acceptors (Lipinski definition) is 4. The largest absolute Gasteiger partial charge is 0.386 e. The monoisotopic (exact) mass is 435 g/mol. The van der Waals surface area contributed by atoms with Crippen LogP contribution in [0.5, 0.6) is 0 Å². The second-order valence-electron chi connectivity index (χ2n) is 8.10. The minimum absolute atomic E-state index is 0.275. The molecule has 31 heavy (non-hydrogen) atoms. The molecule has 4 nitrogen and oxygen atoms in total. The summed E-state index contributed by atoms with van der Waals surface area (Å²) in [4.78, 5) is 8.82. The lowest BCUT2D eigenvalue weighted by atomic mass is 9.96. The van der Waals surface area contributed by atoms with Gasteiger partial charge in [0.05, 0.1) is 28.5 Å². The van der Waals surface area contributed by atoms with E-state index in [0.29, 0.717) is 21.9 Å². The zero-order chi connectivity index (χ0) is 22.2. The molecule has 0 radical (unpaired) electrons. The van der Waals surface area contributed by atoms with Crippen LogP contribution >= 0.6 is 11.6 Å². The number of anilines is 1. The number of hydrogen-bond donors (Lipinski definition) is 2. The minimum atomic E-state index is -0.905. The molecule has 0 amide bonds. The van der Waals surface area contributed by atoms with Gasteiger partial charge in [0, 0.05) is 22.7 Å². The Labute approximate surface area is 185 Å². The van der Waals surface area contributed by atoms with E-state index in [-0.39, 0.29) is 11.9 Å². The number of pyridine rings is 2. The molecule has 158 valence electrons. The Hall–Kier alpha value is -3.02. The quantitative estimate of drug-likeness (QED) is 0.376. The average Bonchev–Trinajstić information content (AvgIpc) is 2.75. The lowest BCUT2D eigenvalue weighted by Crippen LogP contribution is -2.14. The third kappa shape index (κ3) is 4.38. The number of aliphatic hydroxyl groups is 1. The molecular weight excluding hydrogens is 413 g/mol. The lowest BCUT2D eigenvalue weighted by molar-refractivity contribution is 0.0786. The van der Waals surface area contributed by atoms with Crippen molar-refractivity contribution in [2.75, 3.05) is 5.32 Å². The first-order valence-electron chi connectivity index (χ1n) is 10.0. The molecule has 2 N–H and O–H groups in total. The van der Waals surface area contributed by atoms with Crippen LogP contribution in [0.15, 0.2) is 67.0 Å². The number of aromatic nitrogens is 2. The number of fused-ring (bicyclic) bond motifs is 1. The smallest absolute Gasteiger partial charge is 0.161 e. The lowest BCUT2D eigenvalue weighted by Gasteiger charge is -2.19. The van der Waals surface area contributed by atoms with Crippen LogP contribution < -0.4 is 5.32 Å². The van der Waals surface area contributed by atoms with Crippen molar-refractivity contribution >= 4 is 28.3 Å². The van der Waals surface area contributed by atoms with E-state index in [1.54, 1.807) is 44.4 Å². The highest BCUT2D eigenvalue weighted by molar-refractivity contribution is 6.34.